The first-order valence-electron chi connectivity index (χ1n) is 6.94. The summed E-state index contributed by atoms with van der Waals surface area (Å²) in [7, 11) is 0. The van der Waals surface area contributed by atoms with Gasteiger partial charge in [-0.2, -0.15) is 5.10 Å². The largest absolute Gasteiger partial charge is 0.376 e. The van der Waals surface area contributed by atoms with E-state index in [1.165, 1.54) is 0 Å². The van der Waals surface area contributed by atoms with Gasteiger partial charge in [0, 0.05) is 10.7 Å². The maximum atomic E-state index is 11.8. The zero-order chi connectivity index (χ0) is 15.9. The number of amides is 1. The molecule has 0 saturated heterocycles. The highest BCUT2D eigenvalue weighted by atomic mass is 35.5. The molecular weight excluding hydrogens is 298 g/mol. The van der Waals surface area contributed by atoms with Gasteiger partial charge in [0.2, 0.25) is 0 Å². The van der Waals surface area contributed by atoms with Crippen LogP contribution in [0.4, 0.5) is 5.69 Å². The Morgan fingerprint density at radius 2 is 1.91 bits per heavy atom. The van der Waals surface area contributed by atoms with E-state index < -0.39 is 0 Å². The predicted octanol–water partition coefficient (Wildman–Crippen LogP) is 3.60. The number of rotatable bonds is 5. The number of benzene rings is 2. The zero-order valence-corrected chi connectivity index (χ0v) is 13.3. The molecule has 22 heavy (non-hydrogen) atoms. The van der Waals surface area contributed by atoms with E-state index in [-0.39, 0.29) is 12.5 Å². The highest BCUT2D eigenvalue weighted by Crippen LogP contribution is 2.10. The van der Waals surface area contributed by atoms with Gasteiger partial charge in [0.25, 0.3) is 5.91 Å². The van der Waals surface area contributed by atoms with Crippen LogP contribution in [0.3, 0.4) is 0 Å². The normalized spacial score (nSPS) is 11.1. The van der Waals surface area contributed by atoms with Gasteiger partial charge in [-0.1, -0.05) is 35.9 Å². The van der Waals surface area contributed by atoms with Crippen LogP contribution in [0, 0.1) is 6.92 Å². The number of halogens is 1. The Bertz CT molecular complexity index is 681. The van der Waals surface area contributed by atoms with Gasteiger partial charge < -0.3 is 5.32 Å². The Balaban J connectivity index is 1.86. The highest BCUT2D eigenvalue weighted by molar-refractivity contribution is 6.30. The lowest BCUT2D eigenvalue weighted by Crippen LogP contribution is -2.26. The van der Waals surface area contributed by atoms with Crippen LogP contribution in [0.5, 0.6) is 0 Å². The van der Waals surface area contributed by atoms with E-state index in [1.807, 2.05) is 50.2 Å². The Morgan fingerprint density at radius 3 is 2.59 bits per heavy atom. The molecule has 2 aromatic rings. The molecule has 1 amide bonds. The first kappa shape index (κ1) is 16.0. The predicted molar refractivity (Wildman–Crippen MR) is 91.5 cm³/mol. The summed E-state index contributed by atoms with van der Waals surface area (Å²) in [5.74, 6) is -0.199. The molecule has 0 spiro atoms. The van der Waals surface area contributed by atoms with Gasteiger partial charge in [0.1, 0.15) is 0 Å². The van der Waals surface area contributed by atoms with Crippen molar-refractivity contribution in [3.05, 3.63) is 64.7 Å². The third-order valence-electron chi connectivity index (χ3n) is 3.08. The van der Waals surface area contributed by atoms with Crippen LogP contribution in [0.1, 0.15) is 18.1 Å². The molecule has 0 aliphatic carbocycles. The Labute approximate surface area is 135 Å². The minimum Gasteiger partial charge on any atom is -0.376 e. The SMILES string of the molecule is C/C(=N/NC(=O)CNc1cccc(C)c1)c1ccc(Cl)cc1. The number of nitrogens with one attached hydrogen (secondary N) is 2. The van der Waals surface area contributed by atoms with Crippen molar-refractivity contribution in [2.45, 2.75) is 13.8 Å². The summed E-state index contributed by atoms with van der Waals surface area (Å²) in [5, 5.41) is 7.81. The van der Waals surface area contributed by atoms with E-state index in [1.54, 1.807) is 12.1 Å². The van der Waals surface area contributed by atoms with Gasteiger partial charge in [-0.25, -0.2) is 5.43 Å². The van der Waals surface area contributed by atoms with Gasteiger partial charge in [0.05, 0.1) is 12.3 Å². The fourth-order valence-corrected chi connectivity index (χ4v) is 2.00. The molecule has 0 saturated carbocycles. The monoisotopic (exact) mass is 315 g/mol. The molecule has 2 aromatic carbocycles. The van der Waals surface area contributed by atoms with Crippen molar-refractivity contribution in [1.82, 2.24) is 5.43 Å². The van der Waals surface area contributed by atoms with Crippen LogP contribution < -0.4 is 10.7 Å². The molecule has 0 aliphatic heterocycles. The third kappa shape index (κ3) is 4.90. The van der Waals surface area contributed by atoms with Crippen molar-refractivity contribution in [2.75, 3.05) is 11.9 Å². The Kier molecular flexibility index (Phi) is 5.55. The molecule has 114 valence electrons. The second-order valence-electron chi connectivity index (χ2n) is 4.96. The molecule has 0 unspecified atom stereocenters. The van der Waals surface area contributed by atoms with E-state index in [4.69, 9.17) is 11.6 Å². The first-order chi connectivity index (χ1) is 10.5. The molecule has 0 bridgehead atoms. The zero-order valence-electron chi connectivity index (χ0n) is 12.6. The van der Waals surface area contributed by atoms with Gasteiger partial charge in [-0.05, 0) is 49.2 Å². The first-order valence-corrected chi connectivity index (χ1v) is 7.32. The minimum atomic E-state index is -0.199. The number of carbonyl (C=O) groups excluding carboxylic acids is 1. The summed E-state index contributed by atoms with van der Waals surface area (Å²) in [5.41, 5.74) is 6.22. The number of hydrogen-bond acceptors (Lipinski definition) is 3. The molecule has 4 nitrogen and oxygen atoms in total. The Hall–Kier alpha value is -2.33. The molecule has 0 atom stereocenters. The van der Waals surface area contributed by atoms with Crippen molar-refractivity contribution in [3.8, 4) is 0 Å². The Morgan fingerprint density at radius 1 is 1.18 bits per heavy atom. The van der Waals surface area contributed by atoms with E-state index in [9.17, 15) is 4.79 Å². The quantitative estimate of drug-likeness (QED) is 0.654. The second kappa shape index (κ2) is 7.61. The number of hydrazone groups is 1. The molecular formula is C17H18ClN3O. The van der Waals surface area contributed by atoms with Crippen molar-refractivity contribution in [2.24, 2.45) is 5.10 Å². The van der Waals surface area contributed by atoms with E-state index >= 15 is 0 Å². The summed E-state index contributed by atoms with van der Waals surface area (Å²) < 4.78 is 0. The topological polar surface area (TPSA) is 53.5 Å². The van der Waals surface area contributed by atoms with Crippen LogP contribution in [-0.2, 0) is 4.79 Å². The third-order valence-corrected chi connectivity index (χ3v) is 3.33. The number of anilines is 1. The lowest BCUT2D eigenvalue weighted by molar-refractivity contribution is -0.119. The molecule has 0 heterocycles. The minimum absolute atomic E-state index is 0.168. The van der Waals surface area contributed by atoms with Crippen molar-refractivity contribution in [3.63, 3.8) is 0 Å². The van der Waals surface area contributed by atoms with Crippen LogP contribution in [-0.4, -0.2) is 18.2 Å². The smallest absolute Gasteiger partial charge is 0.259 e. The molecule has 2 rings (SSSR count). The fraction of sp³-hybridized carbons (Fsp3) is 0.176. The average molecular weight is 316 g/mol. The summed E-state index contributed by atoms with van der Waals surface area (Å²) in [6, 6.07) is 15.1. The fourth-order valence-electron chi connectivity index (χ4n) is 1.88. The summed E-state index contributed by atoms with van der Waals surface area (Å²) in [6.07, 6.45) is 0. The van der Waals surface area contributed by atoms with E-state index in [2.05, 4.69) is 15.8 Å². The highest BCUT2D eigenvalue weighted by Gasteiger charge is 2.02. The molecule has 0 radical (unpaired) electrons. The van der Waals surface area contributed by atoms with Gasteiger partial charge in [0.15, 0.2) is 0 Å². The standard InChI is InChI=1S/C17H18ClN3O/c1-12-4-3-5-16(10-12)19-11-17(22)21-20-13(2)14-6-8-15(18)9-7-14/h3-10,19H,11H2,1-2H3,(H,21,22)/b20-13-. The van der Waals surface area contributed by atoms with E-state index in [0.29, 0.717) is 5.02 Å². The molecule has 2 N–H and O–H groups in total. The van der Waals surface area contributed by atoms with Crippen LogP contribution >= 0.6 is 11.6 Å². The van der Waals surface area contributed by atoms with Gasteiger partial charge in [-0.15, -0.1) is 0 Å². The summed E-state index contributed by atoms with van der Waals surface area (Å²) in [4.78, 5) is 11.8. The number of nitrogens with zero attached hydrogens (tertiary/aromatic N) is 1. The maximum Gasteiger partial charge on any atom is 0.259 e. The summed E-state index contributed by atoms with van der Waals surface area (Å²) >= 11 is 5.84. The molecule has 5 heteroatoms. The van der Waals surface area contributed by atoms with E-state index in [0.717, 1.165) is 22.5 Å². The molecule has 0 aliphatic rings. The average Bonchev–Trinajstić information content (AvgIpc) is 2.51. The van der Waals surface area contributed by atoms with Gasteiger partial charge >= 0.3 is 0 Å². The summed E-state index contributed by atoms with van der Waals surface area (Å²) in [6.45, 7) is 4.00. The van der Waals surface area contributed by atoms with Crippen LogP contribution in [0.25, 0.3) is 0 Å². The van der Waals surface area contributed by atoms with Crippen LogP contribution in [0.15, 0.2) is 53.6 Å². The molecule has 0 fully saturated rings. The molecule has 0 aromatic heterocycles. The van der Waals surface area contributed by atoms with Crippen LogP contribution in [0.2, 0.25) is 5.02 Å². The lowest BCUT2D eigenvalue weighted by atomic mass is 10.1. The lowest BCUT2D eigenvalue weighted by Gasteiger charge is -2.07. The maximum absolute atomic E-state index is 11.8. The van der Waals surface area contributed by atoms with Crippen molar-refractivity contribution >= 4 is 28.9 Å². The number of carbonyl (C=O) groups is 1. The van der Waals surface area contributed by atoms with Gasteiger partial charge in [-0.3, -0.25) is 4.79 Å². The van der Waals surface area contributed by atoms with Crippen molar-refractivity contribution < 1.29 is 4.79 Å². The second-order valence-corrected chi connectivity index (χ2v) is 5.40. The number of aryl methyl sites for hydroxylation is 1. The number of hydrogen-bond donors (Lipinski definition) is 2. The van der Waals surface area contributed by atoms with Crippen molar-refractivity contribution in [1.29, 1.82) is 0 Å².